The molecule has 21 heavy (non-hydrogen) atoms. The van der Waals surface area contributed by atoms with Crippen LogP contribution in [0, 0.1) is 0 Å². The summed E-state index contributed by atoms with van der Waals surface area (Å²) in [6.45, 7) is 5.22. The quantitative estimate of drug-likeness (QED) is 0.840. The summed E-state index contributed by atoms with van der Waals surface area (Å²) in [4.78, 5) is 22.6. The standard InChI is InChI=1S/C15H21NO5/c1-15(2,3)21-12(13(17)18)9-16-14(19)20-10-11-7-5-4-6-8-11/h4-8,12H,9-10H2,1-3H3,(H,16,19)(H,17,18). The maximum Gasteiger partial charge on any atom is 0.407 e. The number of rotatable bonds is 6. The Morgan fingerprint density at radius 2 is 1.86 bits per heavy atom. The lowest BCUT2D eigenvalue weighted by molar-refractivity contribution is -0.159. The summed E-state index contributed by atoms with van der Waals surface area (Å²) >= 11 is 0. The number of aliphatic carboxylic acids is 1. The van der Waals surface area contributed by atoms with Crippen molar-refractivity contribution in [1.82, 2.24) is 5.32 Å². The lowest BCUT2D eigenvalue weighted by Crippen LogP contribution is -2.42. The predicted molar refractivity (Wildman–Crippen MR) is 76.9 cm³/mol. The number of hydrogen-bond acceptors (Lipinski definition) is 4. The van der Waals surface area contributed by atoms with Crippen LogP contribution in [0.3, 0.4) is 0 Å². The second-order valence-electron chi connectivity index (χ2n) is 5.50. The topological polar surface area (TPSA) is 84.9 Å². The van der Waals surface area contributed by atoms with E-state index in [1.54, 1.807) is 20.8 Å². The lowest BCUT2D eigenvalue weighted by atomic mass is 10.2. The van der Waals surface area contributed by atoms with E-state index < -0.39 is 23.8 Å². The third-order valence-electron chi connectivity index (χ3n) is 2.42. The molecule has 6 nitrogen and oxygen atoms in total. The summed E-state index contributed by atoms with van der Waals surface area (Å²) in [5.41, 5.74) is 0.243. The fraction of sp³-hybridized carbons (Fsp3) is 0.467. The van der Waals surface area contributed by atoms with E-state index >= 15 is 0 Å². The molecule has 0 aliphatic rings. The molecule has 1 rings (SSSR count). The molecule has 0 spiro atoms. The molecule has 1 unspecified atom stereocenters. The first-order valence-electron chi connectivity index (χ1n) is 6.63. The van der Waals surface area contributed by atoms with Crippen LogP contribution in [0.2, 0.25) is 0 Å². The van der Waals surface area contributed by atoms with Gasteiger partial charge in [-0.25, -0.2) is 9.59 Å². The van der Waals surface area contributed by atoms with Crippen molar-refractivity contribution < 1.29 is 24.2 Å². The molecule has 0 heterocycles. The van der Waals surface area contributed by atoms with Crippen molar-refractivity contribution >= 4 is 12.1 Å². The molecular formula is C15H21NO5. The van der Waals surface area contributed by atoms with E-state index in [4.69, 9.17) is 14.6 Å². The van der Waals surface area contributed by atoms with Gasteiger partial charge < -0.3 is 19.9 Å². The van der Waals surface area contributed by atoms with Gasteiger partial charge in [0.2, 0.25) is 0 Å². The number of nitrogens with one attached hydrogen (secondary N) is 1. The minimum atomic E-state index is -1.13. The van der Waals surface area contributed by atoms with E-state index in [-0.39, 0.29) is 13.2 Å². The normalized spacial score (nSPS) is 12.5. The van der Waals surface area contributed by atoms with Crippen molar-refractivity contribution in [2.24, 2.45) is 0 Å². The Morgan fingerprint density at radius 3 is 2.38 bits per heavy atom. The highest BCUT2D eigenvalue weighted by Crippen LogP contribution is 2.10. The van der Waals surface area contributed by atoms with Gasteiger partial charge in [-0.2, -0.15) is 0 Å². The van der Waals surface area contributed by atoms with Crippen molar-refractivity contribution in [1.29, 1.82) is 0 Å². The Hall–Kier alpha value is -2.08. The van der Waals surface area contributed by atoms with Gasteiger partial charge >= 0.3 is 12.1 Å². The average molecular weight is 295 g/mol. The molecule has 0 saturated carbocycles. The van der Waals surface area contributed by atoms with Crippen molar-refractivity contribution in [2.75, 3.05) is 6.54 Å². The Labute approximate surface area is 124 Å². The van der Waals surface area contributed by atoms with Gasteiger partial charge in [-0.05, 0) is 26.3 Å². The number of benzene rings is 1. The summed E-state index contributed by atoms with van der Waals surface area (Å²) in [6.07, 6.45) is -1.79. The summed E-state index contributed by atoms with van der Waals surface area (Å²) in [5.74, 6) is -1.13. The second-order valence-corrected chi connectivity index (χ2v) is 5.50. The molecule has 0 aromatic heterocycles. The lowest BCUT2D eigenvalue weighted by Gasteiger charge is -2.24. The van der Waals surface area contributed by atoms with E-state index in [1.165, 1.54) is 0 Å². The van der Waals surface area contributed by atoms with E-state index in [2.05, 4.69) is 5.32 Å². The zero-order chi connectivity index (χ0) is 15.9. The van der Waals surface area contributed by atoms with E-state index in [0.717, 1.165) is 5.56 Å². The summed E-state index contributed by atoms with van der Waals surface area (Å²) in [6, 6.07) is 9.21. The summed E-state index contributed by atoms with van der Waals surface area (Å²) in [7, 11) is 0. The van der Waals surface area contributed by atoms with Crippen molar-refractivity contribution in [2.45, 2.75) is 39.1 Å². The van der Waals surface area contributed by atoms with Crippen LogP contribution in [0.4, 0.5) is 4.79 Å². The minimum Gasteiger partial charge on any atom is -0.479 e. The highest BCUT2D eigenvalue weighted by Gasteiger charge is 2.25. The predicted octanol–water partition coefficient (Wildman–Crippen LogP) is 2.18. The molecule has 0 saturated heterocycles. The number of carbonyl (C=O) groups excluding carboxylic acids is 1. The van der Waals surface area contributed by atoms with Gasteiger partial charge in [-0.15, -0.1) is 0 Å². The molecule has 2 N–H and O–H groups in total. The summed E-state index contributed by atoms with van der Waals surface area (Å²) < 4.78 is 10.3. The smallest absolute Gasteiger partial charge is 0.407 e. The van der Waals surface area contributed by atoms with Gasteiger partial charge in [0.15, 0.2) is 6.10 Å². The second kappa shape index (κ2) is 7.64. The van der Waals surface area contributed by atoms with Crippen LogP contribution in [0.15, 0.2) is 30.3 Å². The maximum atomic E-state index is 11.5. The Morgan fingerprint density at radius 1 is 1.24 bits per heavy atom. The first-order valence-corrected chi connectivity index (χ1v) is 6.63. The first kappa shape index (κ1) is 17.0. The molecule has 0 fully saturated rings. The molecule has 0 radical (unpaired) electrons. The average Bonchev–Trinajstić information content (AvgIpc) is 2.41. The molecule has 0 bridgehead atoms. The molecule has 1 aromatic carbocycles. The van der Waals surface area contributed by atoms with Crippen LogP contribution in [0.5, 0.6) is 0 Å². The van der Waals surface area contributed by atoms with Crippen molar-refractivity contribution in [3.05, 3.63) is 35.9 Å². The number of ether oxygens (including phenoxy) is 2. The number of carboxylic acid groups (broad SMARTS) is 1. The van der Waals surface area contributed by atoms with Gasteiger partial charge in [0.1, 0.15) is 6.61 Å². The SMILES string of the molecule is CC(C)(C)OC(CNC(=O)OCc1ccccc1)C(=O)O. The molecular weight excluding hydrogens is 274 g/mol. The number of carboxylic acids is 1. The zero-order valence-corrected chi connectivity index (χ0v) is 12.5. The molecule has 6 heteroatoms. The van der Waals surface area contributed by atoms with Gasteiger partial charge in [0.25, 0.3) is 0 Å². The van der Waals surface area contributed by atoms with E-state index in [1.807, 2.05) is 30.3 Å². The number of amides is 1. The fourth-order valence-corrected chi connectivity index (χ4v) is 1.56. The molecule has 116 valence electrons. The molecule has 1 amide bonds. The Bertz CT molecular complexity index is 467. The van der Waals surface area contributed by atoms with Crippen molar-refractivity contribution in [3.63, 3.8) is 0 Å². The molecule has 1 atom stereocenters. The molecule has 0 aliphatic heterocycles. The van der Waals surface area contributed by atoms with Crippen LogP contribution in [0.1, 0.15) is 26.3 Å². The largest absolute Gasteiger partial charge is 0.479 e. The van der Waals surface area contributed by atoms with Crippen LogP contribution in [-0.2, 0) is 20.9 Å². The third kappa shape index (κ3) is 7.31. The van der Waals surface area contributed by atoms with Gasteiger partial charge in [-0.1, -0.05) is 30.3 Å². The van der Waals surface area contributed by atoms with Crippen LogP contribution in [0.25, 0.3) is 0 Å². The molecule has 1 aromatic rings. The highest BCUT2D eigenvalue weighted by molar-refractivity contribution is 5.74. The van der Waals surface area contributed by atoms with Gasteiger partial charge in [-0.3, -0.25) is 0 Å². The number of hydrogen-bond donors (Lipinski definition) is 2. The van der Waals surface area contributed by atoms with Crippen LogP contribution >= 0.6 is 0 Å². The van der Waals surface area contributed by atoms with Crippen molar-refractivity contribution in [3.8, 4) is 0 Å². The monoisotopic (exact) mass is 295 g/mol. The van der Waals surface area contributed by atoms with E-state index in [0.29, 0.717) is 0 Å². The van der Waals surface area contributed by atoms with E-state index in [9.17, 15) is 9.59 Å². The minimum absolute atomic E-state index is 0.130. The Kier molecular flexibility index (Phi) is 6.17. The number of carbonyl (C=O) groups is 2. The van der Waals surface area contributed by atoms with Gasteiger partial charge in [0.05, 0.1) is 12.1 Å². The number of alkyl carbamates (subject to hydrolysis) is 1. The first-order chi connectivity index (χ1) is 9.78. The highest BCUT2D eigenvalue weighted by atomic mass is 16.6. The van der Waals surface area contributed by atoms with Crippen LogP contribution < -0.4 is 5.32 Å². The molecule has 0 aliphatic carbocycles. The summed E-state index contributed by atoms with van der Waals surface area (Å²) in [5, 5.41) is 11.4. The van der Waals surface area contributed by atoms with Gasteiger partial charge in [0, 0.05) is 0 Å². The van der Waals surface area contributed by atoms with Crippen LogP contribution in [-0.4, -0.2) is 35.4 Å². The Balaban J connectivity index is 2.38. The zero-order valence-electron chi connectivity index (χ0n) is 12.5. The maximum absolute atomic E-state index is 11.5. The third-order valence-corrected chi connectivity index (χ3v) is 2.42. The fourth-order valence-electron chi connectivity index (χ4n) is 1.56.